The molecule has 0 fully saturated rings. The van der Waals surface area contributed by atoms with Crippen LogP contribution >= 0.6 is 0 Å². The van der Waals surface area contributed by atoms with Crippen LogP contribution in [0.2, 0.25) is 0 Å². The molecular formula is C6H8CsNO2S. The quantitative estimate of drug-likeness (QED) is 0.619. The zero-order chi connectivity index (χ0) is 7.61. The fourth-order valence-corrected chi connectivity index (χ4v) is 1.15. The zero-order valence-electron chi connectivity index (χ0n) is 7.19. The Kier molecular flexibility index (Phi) is 5.57. The molecular weight excluding hydrogens is 283 g/mol. The number of primary sulfonamides is 1. The van der Waals surface area contributed by atoms with Gasteiger partial charge in [0, 0.05) is 0 Å². The van der Waals surface area contributed by atoms with Gasteiger partial charge in [-0.15, -0.1) is 0 Å². The summed E-state index contributed by atoms with van der Waals surface area (Å²) in [7, 11) is -3.50. The Bertz CT molecular complexity index is 314. The van der Waals surface area contributed by atoms with Crippen LogP contribution in [0.3, 0.4) is 0 Å². The molecule has 2 N–H and O–H groups in total. The van der Waals surface area contributed by atoms with E-state index in [1.807, 2.05) is 0 Å². The first kappa shape index (κ1) is 12.2. The second kappa shape index (κ2) is 5.03. The molecule has 56 valence electrons. The number of rotatable bonds is 1. The molecule has 0 atom stereocenters. The molecule has 1 rings (SSSR count). The van der Waals surface area contributed by atoms with Gasteiger partial charge in [0.15, 0.2) is 0 Å². The predicted molar refractivity (Wildman–Crippen MR) is 38.9 cm³/mol. The Morgan fingerprint density at radius 2 is 1.64 bits per heavy atom. The van der Waals surface area contributed by atoms with Crippen LogP contribution in [0, 0.1) is 0 Å². The summed E-state index contributed by atoms with van der Waals surface area (Å²) < 4.78 is 21.2. The van der Waals surface area contributed by atoms with Crippen LogP contribution < -0.4 is 74.0 Å². The smallest absolute Gasteiger partial charge is 1.00 e. The molecule has 0 saturated carbocycles. The topological polar surface area (TPSA) is 60.2 Å². The summed E-state index contributed by atoms with van der Waals surface area (Å²) in [5.74, 6) is 0. The minimum absolute atomic E-state index is 0. The normalized spacial score (nSPS) is 10.3. The average Bonchev–Trinajstić information content (AvgIpc) is 1.88. The summed E-state index contributed by atoms with van der Waals surface area (Å²) in [5.41, 5.74) is 0. The second-order valence-corrected chi connectivity index (χ2v) is 3.42. The van der Waals surface area contributed by atoms with Crippen LogP contribution in [-0.4, -0.2) is 8.42 Å². The monoisotopic (exact) mass is 291 g/mol. The fraction of sp³-hybridized carbons (Fsp3) is 0. The minimum atomic E-state index is -3.50. The van der Waals surface area contributed by atoms with Crippen molar-refractivity contribution in [2.24, 2.45) is 5.14 Å². The molecule has 0 unspecified atom stereocenters. The van der Waals surface area contributed by atoms with E-state index in [-0.39, 0.29) is 75.2 Å². The SMILES string of the molecule is NS(=O)(=O)c1ccccc1.[Cs+].[H-]. The molecule has 5 heteroatoms. The number of hydrogen-bond acceptors (Lipinski definition) is 2. The van der Waals surface area contributed by atoms with Gasteiger partial charge in [0.1, 0.15) is 0 Å². The molecule has 0 bridgehead atoms. The third kappa shape index (κ3) is 4.09. The summed E-state index contributed by atoms with van der Waals surface area (Å²) in [5, 5.41) is 4.83. The van der Waals surface area contributed by atoms with Crippen molar-refractivity contribution in [1.29, 1.82) is 0 Å². The van der Waals surface area contributed by atoms with Crippen molar-refractivity contribution in [3.8, 4) is 0 Å². The Hall–Kier alpha value is 1.18. The summed E-state index contributed by atoms with van der Waals surface area (Å²) >= 11 is 0. The molecule has 3 nitrogen and oxygen atoms in total. The Labute approximate surface area is 126 Å². The number of hydrogen-bond donors (Lipinski definition) is 1. The number of nitrogens with two attached hydrogens (primary N) is 1. The molecule has 0 aromatic heterocycles. The van der Waals surface area contributed by atoms with Gasteiger partial charge < -0.3 is 1.43 Å². The summed E-state index contributed by atoms with van der Waals surface area (Å²) in [6.07, 6.45) is 0. The standard InChI is InChI=1S/C6H7NO2S.Cs.H/c7-10(8,9)6-4-2-1-3-5-6;;/h1-5H,(H2,7,8,9);;/q;+1;-1. The van der Waals surface area contributed by atoms with Crippen molar-refractivity contribution in [3.63, 3.8) is 0 Å². The number of benzene rings is 1. The van der Waals surface area contributed by atoms with Gasteiger partial charge in [0.2, 0.25) is 10.0 Å². The Balaban J connectivity index is 0. The van der Waals surface area contributed by atoms with E-state index in [0.29, 0.717) is 0 Å². The van der Waals surface area contributed by atoms with Crippen molar-refractivity contribution in [2.45, 2.75) is 4.90 Å². The molecule has 0 aliphatic rings. The first-order valence-electron chi connectivity index (χ1n) is 2.68. The summed E-state index contributed by atoms with van der Waals surface area (Å²) in [6, 6.07) is 7.89. The predicted octanol–water partition coefficient (Wildman–Crippen LogP) is -2.55. The van der Waals surface area contributed by atoms with Crippen molar-refractivity contribution in [1.82, 2.24) is 0 Å². The van der Waals surface area contributed by atoms with Crippen LogP contribution in [0.5, 0.6) is 0 Å². The van der Waals surface area contributed by atoms with E-state index in [1.165, 1.54) is 12.1 Å². The van der Waals surface area contributed by atoms with Gasteiger partial charge in [-0.3, -0.25) is 0 Å². The van der Waals surface area contributed by atoms with Crippen molar-refractivity contribution < 1.29 is 78.7 Å². The van der Waals surface area contributed by atoms with Gasteiger partial charge in [-0.25, -0.2) is 13.6 Å². The van der Waals surface area contributed by atoms with E-state index < -0.39 is 10.0 Å². The van der Waals surface area contributed by atoms with E-state index in [9.17, 15) is 8.42 Å². The van der Waals surface area contributed by atoms with E-state index in [0.717, 1.165) is 0 Å². The maximum absolute atomic E-state index is 10.6. The van der Waals surface area contributed by atoms with Crippen molar-refractivity contribution in [3.05, 3.63) is 30.3 Å². The maximum atomic E-state index is 10.6. The Morgan fingerprint density at radius 1 is 1.18 bits per heavy atom. The molecule has 0 heterocycles. The van der Waals surface area contributed by atoms with Gasteiger partial charge in [-0.05, 0) is 12.1 Å². The molecule has 0 aliphatic heterocycles. The van der Waals surface area contributed by atoms with Gasteiger partial charge in [0.25, 0.3) is 0 Å². The first-order valence-corrected chi connectivity index (χ1v) is 4.23. The van der Waals surface area contributed by atoms with Crippen LogP contribution in [0.15, 0.2) is 35.2 Å². The van der Waals surface area contributed by atoms with Gasteiger partial charge in [-0.1, -0.05) is 18.2 Å². The third-order valence-electron chi connectivity index (χ3n) is 1.07. The number of sulfonamides is 1. The second-order valence-electron chi connectivity index (χ2n) is 1.86. The van der Waals surface area contributed by atoms with Crippen LogP contribution in [0.25, 0.3) is 0 Å². The molecule has 0 saturated heterocycles. The molecule has 11 heavy (non-hydrogen) atoms. The van der Waals surface area contributed by atoms with Crippen LogP contribution in [-0.2, 0) is 10.0 Å². The summed E-state index contributed by atoms with van der Waals surface area (Å²) in [6.45, 7) is 0. The summed E-state index contributed by atoms with van der Waals surface area (Å²) in [4.78, 5) is 0.148. The van der Waals surface area contributed by atoms with E-state index >= 15 is 0 Å². The molecule has 0 spiro atoms. The van der Waals surface area contributed by atoms with E-state index in [1.54, 1.807) is 18.2 Å². The zero-order valence-corrected chi connectivity index (χ0v) is 13.3. The van der Waals surface area contributed by atoms with Gasteiger partial charge >= 0.3 is 68.9 Å². The van der Waals surface area contributed by atoms with Gasteiger partial charge in [0.05, 0.1) is 4.90 Å². The minimum Gasteiger partial charge on any atom is -1.00 e. The van der Waals surface area contributed by atoms with E-state index in [2.05, 4.69) is 0 Å². The average molecular weight is 291 g/mol. The van der Waals surface area contributed by atoms with Gasteiger partial charge in [-0.2, -0.15) is 0 Å². The molecule has 0 aliphatic carbocycles. The van der Waals surface area contributed by atoms with Crippen LogP contribution in [0.1, 0.15) is 1.43 Å². The maximum Gasteiger partial charge on any atom is 1.00 e. The van der Waals surface area contributed by atoms with Crippen LogP contribution in [0.4, 0.5) is 0 Å². The molecule has 1 aromatic carbocycles. The largest absolute Gasteiger partial charge is 1.00 e. The molecule has 1 aromatic rings. The molecule has 0 amide bonds. The third-order valence-corrected chi connectivity index (χ3v) is 2.00. The van der Waals surface area contributed by atoms with Crippen molar-refractivity contribution >= 4 is 10.0 Å². The molecule has 0 radical (unpaired) electrons. The van der Waals surface area contributed by atoms with Crippen molar-refractivity contribution in [2.75, 3.05) is 0 Å². The fourth-order valence-electron chi connectivity index (χ4n) is 0.610. The van der Waals surface area contributed by atoms with E-state index in [4.69, 9.17) is 5.14 Å². The Morgan fingerprint density at radius 3 is 1.91 bits per heavy atom. The first-order chi connectivity index (χ1) is 4.61.